The van der Waals surface area contributed by atoms with E-state index in [-0.39, 0.29) is 5.91 Å². The zero-order valence-corrected chi connectivity index (χ0v) is 12.5. The fourth-order valence-electron chi connectivity index (χ4n) is 2.64. The minimum absolute atomic E-state index is 0.0702. The van der Waals surface area contributed by atoms with Gasteiger partial charge in [0.2, 0.25) is 5.91 Å². The Morgan fingerprint density at radius 3 is 2.85 bits per heavy atom. The van der Waals surface area contributed by atoms with Gasteiger partial charge in [0, 0.05) is 18.7 Å². The summed E-state index contributed by atoms with van der Waals surface area (Å²) < 4.78 is 5.27. The molecular weight excluding hydrogens is 276 g/mol. The number of hydrogen-bond acceptors (Lipinski definition) is 3. The van der Waals surface area contributed by atoms with Gasteiger partial charge in [0.1, 0.15) is 0 Å². The molecule has 1 amide bonds. The van der Waals surface area contributed by atoms with Crippen LogP contribution < -0.4 is 10.6 Å². The van der Waals surface area contributed by atoms with E-state index >= 15 is 0 Å². The van der Waals surface area contributed by atoms with E-state index in [2.05, 4.69) is 10.6 Å². The predicted molar refractivity (Wildman–Crippen MR) is 79.7 cm³/mol. The van der Waals surface area contributed by atoms with Gasteiger partial charge in [-0.25, -0.2) is 0 Å². The van der Waals surface area contributed by atoms with Crippen LogP contribution in [-0.4, -0.2) is 32.7 Å². The summed E-state index contributed by atoms with van der Waals surface area (Å²) in [6.07, 6.45) is 1.62. The number of rotatable bonds is 5. The molecule has 0 radical (unpaired) electrons. The third kappa shape index (κ3) is 3.72. The second kappa shape index (κ2) is 7.07. The number of methoxy groups -OCH3 is 1. The molecular formula is C15H21ClN2O2. The molecule has 20 heavy (non-hydrogen) atoms. The lowest BCUT2D eigenvalue weighted by molar-refractivity contribution is -0.136. The van der Waals surface area contributed by atoms with Crippen LogP contribution in [0, 0.1) is 5.41 Å². The van der Waals surface area contributed by atoms with Crippen molar-refractivity contribution in [2.24, 2.45) is 5.41 Å². The molecule has 1 aromatic rings. The monoisotopic (exact) mass is 296 g/mol. The Kier molecular flexibility index (Phi) is 5.40. The van der Waals surface area contributed by atoms with Crippen molar-refractivity contribution in [1.29, 1.82) is 0 Å². The lowest BCUT2D eigenvalue weighted by Gasteiger charge is -2.35. The first kappa shape index (κ1) is 15.3. The molecule has 110 valence electrons. The van der Waals surface area contributed by atoms with Gasteiger partial charge < -0.3 is 15.4 Å². The fraction of sp³-hybridized carbons (Fsp3) is 0.533. The maximum absolute atomic E-state index is 12.5. The van der Waals surface area contributed by atoms with Gasteiger partial charge in [-0.15, -0.1) is 0 Å². The lowest BCUT2D eigenvalue weighted by Crippen LogP contribution is -2.49. The highest BCUT2D eigenvalue weighted by Gasteiger charge is 2.39. The molecule has 2 N–H and O–H groups in total. The van der Waals surface area contributed by atoms with Crippen molar-refractivity contribution < 1.29 is 9.53 Å². The van der Waals surface area contributed by atoms with Crippen LogP contribution in [0.5, 0.6) is 0 Å². The predicted octanol–water partition coefficient (Wildman–Crippen LogP) is 1.97. The molecule has 0 spiro atoms. The third-order valence-corrected chi connectivity index (χ3v) is 4.04. The molecule has 2 rings (SSSR count). The number of carbonyl (C=O) groups excluding carboxylic acids is 1. The molecule has 1 fully saturated rings. The largest absolute Gasteiger partial charge is 0.384 e. The Morgan fingerprint density at radius 1 is 1.45 bits per heavy atom. The van der Waals surface area contributed by atoms with E-state index in [0.29, 0.717) is 18.2 Å². The molecule has 0 saturated carbocycles. The summed E-state index contributed by atoms with van der Waals surface area (Å²) in [5, 5.41) is 6.98. The van der Waals surface area contributed by atoms with Gasteiger partial charge >= 0.3 is 0 Å². The average molecular weight is 297 g/mol. The van der Waals surface area contributed by atoms with E-state index in [1.165, 1.54) is 0 Å². The van der Waals surface area contributed by atoms with Crippen molar-refractivity contribution in [1.82, 2.24) is 10.6 Å². The minimum atomic E-state index is -0.404. The van der Waals surface area contributed by atoms with E-state index < -0.39 is 5.41 Å². The Morgan fingerprint density at radius 2 is 2.20 bits per heavy atom. The Balaban J connectivity index is 1.98. The third-order valence-electron chi connectivity index (χ3n) is 3.81. The van der Waals surface area contributed by atoms with Gasteiger partial charge in [-0.3, -0.25) is 4.79 Å². The molecule has 1 heterocycles. The van der Waals surface area contributed by atoms with Gasteiger partial charge in [-0.1, -0.05) is 23.7 Å². The summed E-state index contributed by atoms with van der Waals surface area (Å²) in [7, 11) is 1.65. The van der Waals surface area contributed by atoms with Crippen molar-refractivity contribution in [2.75, 3.05) is 26.8 Å². The average Bonchev–Trinajstić information content (AvgIpc) is 2.46. The topological polar surface area (TPSA) is 50.4 Å². The standard InChI is InChI=1S/C15H21ClN2O2/c1-20-11-15(5-7-17-8-6-15)14(19)18-10-12-3-2-4-13(16)9-12/h2-4,9,17H,5-8,10-11H2,1H3,(H,18,19). The zero-order valence-electron chi connectivity index (χ0n) is 11.7. The molecule has 1 aliphatic heterocycles. The maximum Gasteiger partial charge on any atom is 0.228 e. The molecule has 0 bridgehead atoms. The highest BCUT2D eigenvalue weighted by atomic mass is 35.5. The Hall–Kier alpha value is -1.10. The molecule has 0 unspecified atom stereocenters. The molecule has 1 aliphatic rings. The number of ether oxygens (including phenoxy) is 1. The van der Waals surface area contributed by atoms with Crippen LogP contribution >= 0.6 is 11.6 Å². The molecule has 1 saturated heterocycles. The van der Waals surface area contributed by atoms with Crippen LogP contribution in [0.4, 0.5) is 0 Å². The summed E-state index contributed by atoms with van der Waals surface area (Å²) >= 11 is 5.94. The molecule has 5 heteroatoms. The highest BCUT2D eigenvalue weighted by molar-refractivity contribution is 6.30. The van der Waals surface area contributed by atoms with Crippen LogP contribution in [0.25, 0.3) is 0 Å². The van der Waals surface area contributed by atoms with Crippen molar-refractivity contribution >= 4 is 17.5 Å². The summed E-state index contributed by atoms with van der Waals surface area (Å²) in [5.41, 5.74) is 0.603. The first-order valence-electron chi connectivity index (χ1n) is 6.89. The van der Waals surface area contributed by atoms with Crippen molar-refractivity contribution in [2.45, 2.75) is 19.4 Å². The van der Waals surface area contributed by atoms with Crippen LogP contribution in [0.2, 0.25) is 5.02 Å². The van der Waals surface area contributed by atoms with Gasteiger partial charge in [0.25, 0.3) is 0 Å². The van der Waals surface area contributed by atoms with Crippen LogP contribution in [0.3, 0.4) is 0 Å². The van der Waals surface area contributed by atoms with E-state index in [4.69, 9.17) is 16.3 Å². The number of amides is 1. The quantitative estimate of drug-likeness (QED) is 0.873. The second-order valence-electron chi connectivity index (χ2n) is 5.28. The SMILES string of the molecule is COCC1(C(=O)NCc2cccc(Cl)c2)CCNCC1. The molecule has 0 atom stereocenters. The minimum Gasteiger partial charge on any atom is -0.384 e. The van der Waals surface area contributed by atoms with E-state index in [0.717, 1.165) is 31.5 Å². The van der Waals surface area contributed by atoms with Crippen LogP contribution in [0.1, 0.15) is 18.4 Å². The maximum atomic E-state index is 12.5. The highest BCUT2D eigenvalue weighted by Crippen LogP contribution is 2.29. The van der Waals surface area contributed by atoms with E-state index in [9.17, 15) is 4.79 Å². The van der Waals surface area contributed by atoms with Crippen LogP contribution in [-0.2, 0) is 16.1 Å². The number of piperidine rings is 1. The van der Waals surface area contributed by atoms with Crippen molar-refractivity contribution in [3.05, 3.63) is 34.9 Å². The van der Waals surface area contributed by atoms with Crippen molar-refractivity contribution in [3.8, 4) is 0 Å². The fourth-order valence-corrected chi connectivity index (χ4v) is 2.85. The van der Waals surface area contributed by atoms with Gasteiger partial charge in [0.15, 0.2) is 0 Å². The number of hydrogen-bond donors (Lipinski definition) is 2. The Bertz CT molecular complexity index is 453. The van der Waals surface area contributed by atoms with Crippen LogP contribution in [0.15, 0.2) is 24.3 Å². The normalized spacial score (nSPS) is 17.7. The van der Waals surface area contributed by atoms with Gasteiger partial charge in [0.05, 0.1) is 12.0 Å². The Labute approximate surface area is 124 Å². The summed E-state index contributed by atoms with van der Waals surface area (Å²) in [6.45, 7) is 2.68. The number of halogens is 1. The number of nitrogens with one attached hydrogen (secondary N) is 2. The van der Waals surface area contributed by atoms with Crippen molar-refractivity contribution in [3.63, 3.8) is 0 Å². The smallest absolute Gasteiger partial charge is 0.228 e. The number of benzene rings is 1. The summed E-state index contributed by atoms with van der Waals surface area (Å²) in [5.74, 6) is 0.0702. The van der Waals surface area contributed by atoms with Gasteiger partial charge in [-0.05, 0) is 43.6 Å². The second-order valence-corrected chi connectivity index (χ2v) is 5.71. The van der Waals surface area contributed by atoms with Gasteiger partial charge in [-0.2, -0.15) is 0 Å². The lowest BCUT2D eigenvalue weighted by atomic mass is 9.78. The summed E-state index contributed by atoms with van der Waals surface area (Å²) in [4.78, 5) is 12.5. The number of carbonyl (C=O) groups is 1. The first-order chi connectivity index (χ1) is 9.66. The van der Waals surface area contributed by atoms with E-state index in [1.54, 1.807) is 7.11 Å². The summed E-state index contributed by atoms with van der Waals surface area (Å²) in [6, 6.07) is 7.54. The first-order valence-corrected chi connectivity index (χ1v) is 7.26. The molecule has 0 aliphatic carbocycles. The van der Waals surface area contributed by atoms with E-state index in [1.807, 2.05) is 24.3 Å². The molecule has 4 nitrogen and oxygen atoms in total. The molecule has 0 aromatic heterocycles. The zero-order chi connectivity index (χ0) is 14.4. The molecule has 1 aromatic carbocycles.